The molecule has 0 aromatic carbocycles. The average Bonchev–Trinajstić information content (AvgIpc) is 2.75. The van der Waals surface area contributed by atoms with Crippen molar-refractivity contribution in [2.45, 2.75) is 50.7 Å². The first-order valence-corrected chi connectivity index (χ1v) is 6.22. The van der Waals surface area contributed by atoms with Crippen LogP contribution in [-0.4, -0.2) is 46.5 Å². The molecule has 0 radical (unpaired) electrons. The molecule has 2 unspecified atom stereocenters. The smallest absolute Gasteiger partial charge is 0.0774 e. The van der Waals surface area contributed by atoms with Gasteiger partial charge in [0.1, 0.15) is 0 Å². The molecule has 2 rings (SSSR count). The van der Waals surface area contributed by atoms with Gasteiger partial charge in [-0.2, -0.15) is 0 Å². The Morgan fingerprint density at radius 2 is 2.00 bits per heavy atom. The summed E-state index contributed by atoms with van der Waals surface area (Å²) < 4.78 is 0. The Morgan fingerprint density at radius 1 is 1.33 bits per heavy atom. The van der Waals surface area contributed by atoms with Crippen LogP contribution in [0.15, 0.2) is 0 Å². The Kier molecular flexibility index (Phi) is 3.33. The number of β-amino-alcohol motifs (C(OH)–C–C–N with tert-alkyl or cyclic N) is 1. The summed E-state index contributed by atoms with van der Waals surface area (Å²) in [7, 11) is 0. The van der Waals surface area contributed by atoms with Crippen LogP contribution in [0.2, 0.25) is 0 Å². The molecule has 2 aliphatic rings. The predicted molar refractivity (Wildman–Crippen MR) is 59.6 cm³/mol. The van der Waals surface area contributed by atoms with Crippen LogP contribution < -0.4 is 0 Å². The van der Waals surface area contributed by atoms with Crippen molar-refractivity contribution in [3.8, 4) is 0 Å². The van der Waals surface area contributed by atoms with Crippen LogP contribution in [0.4, 0.5) is 0 Å². The Bertz CT molecular complexity index is 214. The molecule has 88 valence electrons. The molecule has 1 saturated carbocycles. The van der Waals surface area contributed by atoms with Crippen LogP contribution in [0.25, 0.3) is 0 Å². The quantitative estimate of drug-likeness (QED) is 0.735. The molecule has 1 saturated heterocycles. The highest BCUT2D eigenvalue weighted by Gasteiger charge is 2.38. The molecule has 1 heterocycles. The molecule has 1 aliphatic carbocycles. The van der Waals surface area contributed by atoms with E-state index in [0.29, 0.717) is 5.92 Å². The van der Waals surface area contributed by atoms with E-state index in [9.17, 15) is 10.2 Å². The van der Waals surface area contributed by atoms with Crippen molar-refractivity contribution in [3.63, 3.8) is 0 Å². The highest BCUT2D eigenvalue weighted by molar-refractivity contribution is 4.92. The largest absolute Gasteiger partial charge is 0.395 e. The van der Waals surface area contributed by atoms with Gasteiger partial charge < -0.3 is 10.2 Å². The summed E-state index contributed by atoms with van der Waals surface area (Å²) in [5.74, 6) is 0.569. The van der Waals surface area contributed by atoms with Crippen LogP contribution in [0.1, 0.15) is 39.0 Å². The number of rotatable bonds is 3. The summed E-state index contributed by atoms with van der Waals surface area (Å²) in [4.78, 5) is 2.29. The molecule has 1 aliphatic heterocycles. The van der Waals surface area contributed by atoms with Crippen LogP contribution in [-0.2, 0) is 0 Å². The topological polar surface area (TPSA) is 43.7 Å². The van der Waals surface area contributed by atoms with Gasteiger partial charge in [-0.3, -0.25) is 4.90 Å². The summed E-state index contributed by atoms with van der Waals surface area (Å²) in [6.07, 6.45) is 5.35. The summed E-state index contributed by atoms with van der Waals surface area (Å²) in [6, 6.07) is 0.273. The zero-order valence-electron chi connectivity index (χ0n) is 9.65. The lowest BCUT2D eigenvalue weighted by atomic mass is 10.00. The number of hydrogen-bond acceptors (Lipinski definition) is 3. The first-order valence-electron chi connectivity index (χ1n) is 6.22. The SMILES string of the molecule is CC1CCN(CC2(O)CCCC2)C1CO. The molecule has 15 heavy (non-hydrogen) atoms. The van der Waals surface area contributed by atoms with Crippen molar-refractivity contribution >= 4 is 0 Å². The normalized spacial score (nSPS) is 36.2. The van der Waals surface area contributed by atoms with E-state index in [2.05, 4.69) is 11.8 Å². The molecule has 0 spiro atoms. The predicted octanol–water partition coefficient (Wildman–Crippen LogP) is 0.994. The van der Waals surface area contributed by atoms with E-state index >= 15 is 0 Å². The van der Waals surface area contributed by atoms with Crippen molar-refractivity contribution in [1.29, 1.82) is 0 Å². The van der Waals surface area contributed by atoms with Gasteiger partial charge >= 0.3 is 0 Å². The van der Waals surface area contributed by atoms with Gasteiger partial charge in [-0.1, -0.05) is 19.8 Å². The van der Waals surface area contributed by atoms with E-state index in [-0.39, 0.29) is 12.6 Å². The molecule has 3 nitrogen and oxygen atoms in total. The number of nitrogens with zero attached hydrogens (tertiary/aromatic N) is 1. The zero-order chi connectivity index (χ0) is 10.9. The van der Waals surface area contributed by atoms with E-state index in [4.69, 9.17) is 0 Å². The molecule has 0 aromatic rings. The second-order valence-electron chi connectivity index (χ2n) is 5.42. The number of likely N-dealkylation sites (tertiary alicyclic amines) is 1. The van der Waals surface area contributed by atoms with E-state index in [0.717, 1.165) is 45.2 Å². The van der Waals surface area contributed by atoms with Gasteiger partial charge in [0, 0.05) is 12.6 Å². The lowest BCUT2D eigenvalue weighted by Gasteiger charge is -2.32. The molecule has 0 aromatic heterocycles. The third-order valence-electron chi connectivity index (χ3n) is 4.22. The Morgan fingerprint density at radius 3 is 2.60 bits per heavy atom. The monoisotopic (exact) mass is 213 g/mol. The van der Waals surface area contributed by atoms with Crippen molar-refractivity contribution in [3.05, 3.63) is 0 Å². The third-order valence-corrected chi connectivity index (χ3v) is 4.22. The third kappa shape index (κ3) is 2.35. The number of aliphatic hydroxyl groups is 2. The minimum absolute atomic E-state index is 0.233. The zero-order valence-corrected chi connectivity index (χ0v) is 9.65. The second kappa shape index (κ2) is 4.40. The molecule has 2 atom stereocenters. The minimum Gasteiger partial charge on any atom is -0.395 e. The van der Waals surface area contributed by atoms with Crippen LogP contribution in [0.5, 0.6) is 0 Å². The molecule has 0 amide bonds. The molecule has 2 fully saturated rings. The van der Waals surface area contributed by atoms with Crippen molar-refractivity contribution in [1.82, 2.24) is 4.90 Å². The number of hydrogen-bond donors (Lipinski definition) is 2. The van der Waals surface area contributed by atoms with Gasteiger partial charge in [-0.15, -0.1) is 0 Å². The molecule has 2 N–H and O–H groups in total. The summed E-state index contributed by atoms with van der Waals surface area (Å²) in [5, 5.41) is 19.7. The Balaban J connectivity index is 1.93. The molecular weight excluding hydrogens is 190 g/mol. The summed E-state index contributed by atoms with van der Waals surface area (Å²) in [5.41, 5.74) is -0.461. The lowest BCUT2D eigenvalue weighted by molar-refractivity contribution is -0.00365. The summed E-state index contributed by atoms with van der Waals surface area (Å²) in [6.45, 7) is 4.23. The van der Waals surface area contributed by atoms with Crippen LogP contribution in [0, 0.1) is 5.92 Å². The molecule has 0 bridgehead atoms. The lowest BCUT2D eigenvalue weighted by Crippen LogP contribution is -2.45. The van der Waals surface area contributed by atoms with Crippen LogP contribution >= 0.6 is 0 Å². The maximum absolute atomic E-state index is 10.3. The second-order valence-corrected chi connectivity index (χ2v) is 5.42. The van der Waals surface area contributed by atoms with E-state index in [1.54, 1.807) is 0 Å². The Labute approximate surface area is 92.1 Å². The Hall–Kier alpha value is -0.120. The highest BCUT2D eigenvalue weighted by Crippen LogP contribution is 2.33. The van der Waals surface area contributed by atoms with E-state index < -0.39 is 5.60 Å². The standard InChI is InChI=1S/C12H23NO2/c1-10-4-7-13(11(10)8-14)9-12(15)5-2-3-6-12/h10-11,14-15H,2-9H2,1H3. The molecular formula is C12H23NO2. The fourth-order valence-corrected chi connectivity index (χ4v) is 3.15. The van der Waals surface area contributed by atoms with Gasteiger partial charge in [-0.05, 0) is 31.7 Å². The maximum Gasteiger partial charge on any atom is 0.0774 e. The van der Waals surface area contributed by atoms with Gasteiger partial charge in [0.25, 0.3) is 0 Å². The molecule has 3 heteroatoms. The number of aliphatic hydroxyl groups excluding tert-OH is 1. The van der Waals surface area contributed by atoms with E-state index in [1.165, 1.54) is 0 Å². The fourth-order valence-electron chi connectivity index (χ4n) is 3.15. The maximum atomic E-state index is 10.3. The minimum atomic E-state index is -0.461. The van der Waals surface area contributed by atoms with Crippen molar-refractivity contribution in [2.75, 3.05) is 19.7 Å². The average molecular weight is 213 g/mol. The summed E-state index contributed by atoms with van der Waals surface area (Å²) >= 11 is 0. The first-order chi connectivity index (χ1) is 7.14. The van der Waals surface area contributed by atoms with Crippen molar-refractivity contribution in [2.24, 2.45) is 5.92 Å². The van der Waals surface area contributed by atoms with Crippen molar-refractivity contribution < 1.29 is 10.2 Å². The first kappa shape index (κ1) is 11.4. The van der Waals surface area contributed by atoms with Crippen LogP contribution in [0.3, 0.4) is 0 Å². The van der Waals surface area contributed by atoms with Gasteiger partial charge in [0.15, 0.2) is 0 Å². The van der Waals surface area contributed by atoms with E-state index in [1.807, 2.05) is 0 Å². The fraction of sp³-hybridized carbons (Fsp3) is 1.00. The van der Waals surface area contributed by atoms with Gasteiger partial charge in [-0.25, -0.2) is 0 Å². The van der Waals surface area contributed by atoms with Gasteiger partial charge in [0.05, 0.1) is 12.2 Å². The highest BCUT2D eigenvalue weighted by atomic mass is 16.3. The van der Waals surface area contributed by atoms with Gasteiger partial charge in [0.2, 0.25) is 0 Å².